The fourth-order valence-corrected chi connectivity index (χ4v) is 3.62. The first kappa shape index (κ1) is 18.1. The number of thioether (sulfide) groups is 1. The van der Waals surface area contributed by atoms with Gasteiger partial charge in [-0.25, -0.2) is 0 Å². The van der Waals surface area contributed by atoms with Crippen LogP contribution in [0.1, 0.15) is 5.82 Å². The standard InChI is InChI=1S/C15H18N8OS2/c1-23(2)13-19-11(18-12(16)20-13)8-25-15-22-21-14(26-15)17-9-6-4-5-7-10(9)24-3/h4-7H,8H2,1-3H3,(H,17,21)(H2,16,18,19,20). The number of aromatic nitrogens is 5. The Morgan fingerprint density at radius 2 is 2.00 bits per heavy atom. The molecule has 0 saturated heterocycles. The summed E-state index contributed by atoms with van der Waals surface area (Å²) in [6.45, 7) is 0. The van der Waals surface area contributed by atoms with E-state index in [0.29, 0.717) is 22.7 Å². The molecule has 0 saturated carbocycles. The molecule has 0 aliphatic rings. The van der Waals surface area contributed by atoms with Crippen LogP contribution in [-0.2, 0) is 5.75 Å². The Kier molecular flexibility index (Phi) is 5.68. The number of nitrogens with zero attached hydrogens (tertiary/aromatic N) is 6. The molecule has 0 spiro atoms. The lowest BCUT2D eigenvalue weighted by Crippen LogP contribution is -2.15. The Labute approximate surface area is 159 Å². The van der Waals surface area contributed by atoms with Crippen molar-refractivity contribution in [3.8, 4) is 5.75 Å². The SMILES string of the molecule is COc1ccccc1Nc1nnc(SCc2nc(N)nc(N(C)C)n2)s1. The third kappa shape index (κ3) is 4.49. The van der Waals surface area contributed by atoms with E-state index in [0.717, 1.165) is 15.8 Å². The quantitative estimate of drug-likeness (QED) is 0.583. The average Bonchev–Trinajstić information content (AvgIpc) is 3.07. The molecule has 136 valence electrons. The number of benzene rings is 1. The number of anilines is 4. The van der Waals surface area contributed by atoms with Crippen LogP contribution in [0.5, 0.6) is 5.75 Å². The summed E-state index contributed by atoms with van der Waals surface area (Å²) in [7, 11) is 5.34. The summed E-state index contributed by atoms with van der Waals surface area (Å²) in [5.74, 6) is 2.60. The minimum Gasteiger partial charge on any atom is -0.495 e. The number of ether oxygens (including phenoxy) is 1. The molecule has 11 heteroatoms. The molecule has 0 fully saturated rings. The van der Waals surface area contributed by atoms with Crippen molar-refractivity contribution in [1.29, 1.82) is 0 Å². The van der Waals surface area contributed by atoms with E-state index >= 15 is 0 Å². The third-order valence-electron chi connectivity index (χ3n) is 3.17. The summed E-state index contributed by atoms with van der Waals surface area (Å²) in [5.41, 5.74) is 6.57. The van der Waals surface area contributed by atoms with Gasteiger partial charge >= 0.3 is 0 Å². The number of methoxy groups -OCH3 is 1. The fourth-order valence-electron chi connectivity index (χ4n) is 2.00. The van der Waals surface area contributed by atoms with Gasteiger partial charge in [0.2, 0.25) is 17.0 Å². The summed E-state index contributed by atoms with van der Waals surface area (Å²) >= 11 is 2.93. The molecule has 0 bridgehead atoms. The van der Waals surface area contributed by atoms with Crippen LogP contribution in [0.15, 0.2) is 28.6 Å². The molecule has 26 heavy (non-hydrogen) atoms. The molecule has 0 atom stereocenters. The van der Waals surface area contributed by atoms with E-state index in [9.17, 15) is 0 Å². The maximum atomic E-state index is 5.74. The van der Waals surface area contributed by atoms with Crippen LogP contribution >= 0.6 is 23.1 Å². The topological polar surface area (TPSA) is 115 Å². The minimum atomic E-state index is 0.204. The number of hydrogen-bond donors (Lipinski definition) is 2. The van der Waals surface area contributed by atoms with Gasteiger partial charge in [0.05, 0.1) is 18.6 Å². The molecule has 0 amide bonds. The highest BCUT2D eigenvalue weighted by Gasteiger charge is 2.11. The van der Waals surface area contributed by atoms with Crippen molar-refractivity contribution < 1.29 is 4.74 Å². The maximum Gasteiger partial charge on any atom is 0.229 e. The lowest BCUT2D eigenvalue weighted by atomic mass is 10.3. The van der Waals surface area contributed by atoms with Crippen molar-refractivity contribution in [1.82, 2.24) is 25.1 Å². The molecule has 0 radical (unpaired) electrons. The van der Waals surface area contributed by atoms with Gasteiger partial charge in [0.1, 0.15) is 11.6 Å². The monoisotopic (exact) mass is 390 g/mol. The highest BCUT2D eigenvalue weighted by atomic mass is 32.2. The molecule has 0 unspecified atom stereocenters. The molecule has 3 rings (SSSR count). The van der Waals surface area contributed by atoms with E-state index < -0.39 is 0 Å². The number of nitrogens with one attached hydrogen (secondary N) is 1. The van der Waals surface area contributed by atoms with E-state index in [1.165, 1.54) is 23.1 Å². The van der Waals surface area contributed by atoms with Crippen LogP contribution in [0.4, 0.5) is 22.7 Å². The molecular weight excluding hydrogens is 372 g/mol. The summed E-state index contributed by atoms with van der Waals surface area (Å²) in [6, 6.07) is 7.64. The summed E-state index contributed by atoms with van der Waals surface area (Å²) < 4.78 is 6.12. The second-order valence-corrected chi connectivity index (χ2v) is 7.49. The van der Waals surface area contributed by atoms with Crippen LogP contribution in [0, 0.1) is 0 Å². The van der Waals surface area contributed by atoms with Gasteiger partial charge in [0.25, 0.3) is 0 Å². The highest BCUT2D eigenvalue weighted by molar-refractivity contribution is 8.00. The second kappa shape index (κ2) is 8.15. The average molecular weight is 390 g/mol. The molecule has 0 aliphatic heterocycles. The van der Waals surface area contributed by atoms with E-state index in [1.807, 2.05) is 38.4 Å². The van der Waals surface area contributed by atoms with Gasteiger partial charge in [-0.2, -0.15) is 15.0 Å². The normalized spacial score (nSPS) is 10.6. The molecular formula is C15H18N8OS2. The van der Waals surface area contributed by atoms with Crippen molar-refractivity contribution in [2.24, 2.45) is 0 Å². The van der Waals surface area contributed by atoms with Crippen molar-refractivity contribution in [3.05, 3.63) is 30.1 Å². The largest absolute Gasteiger partial charge is 0.495 e. The van der Waals surface area contributed by atoms with Crippen molar-refractivity contribution in [2.75, 3.05) is 37.2 Å². The molecule has 9 nitrogen and oxygen atoms in total. The zero-order chi connectivity index (χ0) is 18.5. The zero-order valence-electron chi connectivity index (χ0n) is 14.5. The maximum absolute atomic E-state index is 5.74. The van der Waals surface area contributed by atoms with E-state index in [1.54, 1.807) is 12.0 Å². The van der Waals surface area contributed by atoms with E-state index in [2.05, 4.69) is 30.5 Å². The molecule has 3 N–H and O–H groups in total. The van der Waals surface area contributed by atoms with Gasteiger partial charge in [-0.05, 0) is 12.1 Å². The first-order valence-corrected chi connectivity index (χ1v) is 9.39. The Morgan fingerprint density at radius 1 is 1.19 bits per heavy atom. The zero-order valence-corrected chi connectivity index (χ0v) is 16.1. The van der Waals surface area contributed by atoms with Crippen LogP contribution in [0.3, 0.4) is 0 Å². The van der Waals surface area contributed by atoms with Gasteiger partial charge in [0, 0.05) is 14.1 Å². The number of hydrogen-bond acceptors (Lipinski definition) is 11. The van der Waals surface area contributed by atoms with Gasteiger partial charge in [-0.1, -0.05) is 35.2 Å². The molecule has 3 aromatic rings. The van der Waals surface area contributed by atoms with Crippen molar-refractivity contribution in [3.63, 3.8) is 0 Å². The number of rotatable bonds is 7. The van der Waals surface area contributed by atoms with Gasteiger partial charge in [-0.3, -0.25) is 0 Å². The van der Waals surface area contributed by atoms with E-state index in [-0.39, 0.29) is 5.95 Å². The molecule has 0 aliphatic carbocycles. The predicted octanol–water partition coefficient (Wildman–Crippen LogP) is 2.42. The first-order valence-electron chi connectivity index (χ1n) is 7.59. The Bertz CT molecular complexity index is 886. The van der Waals surface area contributed by atoms with Crippen LogP contribution < -0.4 is 20.7 Å². The summed E-state index contributed by atoms with van der Waals surface area (Å²) in [4.78, 5) is 14.4. The molecule has 1 aromatic carbocycles. The van der Waals surface area contributed by atoms with Gasteiger partial charge in [0.15, 0.2) is 4.34 Å². The third-order valence-corrected chi connectivity index (χ3v) is 5.14. The smallest absolute Gasteiger partial charge is 0.229 e. The van der Waals surface area contributed by atoms with Crippen LogP contribution in [0.25, 0.3) is 0 Å². The molecule has 2 aromatic heterocycles. The number of para-hydroxylation sites is 2. The minimum absolute atomic E-state index is 0.204. The Morgan fingerprint density at radius 3 is 2.77 bits per heavy atom. The summed E-state index contributed by atoms with van der Waals surface area (Å²) in [5, 5.41) is 12.2. The first-order chi connectivity index (χ1) is 12.5. The predicted molar refractivity (Wildman–Crippen MR) is 104 cm³/mol. The lowest BCUT2D eigenvalue weighted by molar-refractivity contribution is 0.417. The van der Waals surface area contributed by atoms with Crippen molar-refractivity contribution >= 4 is 45.8 Å². The second-order valence-electron chi connectivity index (χ2n) is 5.29. The Hall–Kier alpha value is -2.66. The number of nitrogens with two attached hydrogens (primary N) is 1. The highest BCUT2D eigenvalue weighted by Crippen LogP contribution is 2.32. The van der Waals surface area contributed by atoms with E-state index in [4.69, 9.17) is 10.5 Å². The fraction of sp³-hybridized carbons (Fsp3) is 0.267. The summed E-state index contributed by atoms with van der Waals surface area (Å²) in [6.07, 6.45) is 0. The number of nitrogen functional groups attached to an aromatic ring is 1. The van der Waals surface area contributed by atoms with Crippen LogP contribution in [-0.4, -0.2) is 46.4 Å². The molecule has 2 heterocycles. The Balaban J connectivity index is 1.66. The van der Waals surface area contributed by atoms with Crippen LogP contribution in [0.2, 0.25) is 0 Å². The lowest BCUT2D eigenvalue weighted by Gasteiger charge is -2.10. The van der Waals surface area contributed by atoms with Gasteiger partial charge < -0.3 is 20.7 Å². The van der Waals surface area contributed by atoms with Gasteiger partial charge in [-0.15, -0.1) is 10.2 Å². The van der Waals surface area contributed by atoms with Crippen molar-refractivity contribution in [2.45, 2.75) is 10.1 Å².